The molecule has 1 aliphatic carbocycles. The normalized spacial score (nSPS) is 15.7. The van der Waals surface area contributed by atoms with Crippen LogP contribution in [-0.2, 0) is 6.54 Å². The van der Waals surface area contributed by atoms with Crippen LogP contribution in [0.3, 0.4) is 0 Å². The van der Waals surface area contributed by atoms with Gasteiger partial charge in [-0.3, -0.25) is 0 Å². The second kappa shape index (κ2) is 10.9. The van der Waals surface area contributed by atoms with Crippen LogP contribution in [-0.4, -0.2) is 12.1 Å². The molecule has 0 aromatic heterocycles. The zero-order valence-corrected chi connectivity index (χ0v) is 18.3. The number of para-hydroxylation sites is 1. The monoisotopic (exact) mass is 433 g/mol. The van der Waals surface area contributed by atoms with Gasteiger partial charge in [0.2, 0.25) is 0 Å². The van der Waals surface area contributed by atoms with Crippen LogP contribution >= 0.6 is 23.2 Å². The highest BCUT2D eigenvalue weighted by atomic mass is 35.5. The number of rotatable bonds is 7. The molecule has 1 unspecified atom stereocenters. The molecule has 2 aromatic carbocycles. The summed E-state index contributed by atoms with van der Waals surface area (Å²) in [6.45, 7) is 2.97. The SMILES string of the molecule is CC(CC1CCCCC1)NCc1ccccc1NC(=O)Nc1ccc(Cl)c(Cl)c1. The summed E-state index contributed by atoms with van der Waals surface area (Å²) in [4.78, 5) is 12.4. The second-order valence-corrected chi connectivity index (χ2v) is 8.70. The van der Waals surface area contributed by atoms with Crippen LogP contribution in [0, 0.1) is 5.92 Å². The molecule has 156 valence electrons. The number of amides is 2. The van der Waals surface area contributed by atoms with E-state index in [9.17, 15) is 4.79 Å². The molecule has 0 radical (unpaired) electrons. The van der Waals surface area contributed by atoms with Crippen LogP contribution in [0.5, 0.6) is 0 Å². The van der Waals surface area contributed by atoms with Crippen LogP contribution in [0.25, 0.3) is 0 Å². The van der Waals surface area contributed by atoms with Crippen LogP contribution < -0.4 is 16.0 Å². The largest absolute Gasteiger partial charge is 0.323 e. The van der Waals surface area contributed by atoms with Crippen molar-refractivity contribution in [2.45, 2.75) is 58.0 Å². The first kappa shape index (κ1) is 21.9. The molecule has 0 saturated heterocycles. The van der Waals surface area contributed by atoms with Crippen molar-refractivity contribution >= 4 is 40.6 Å². The molecule has 2 aromatic rings. The Morgan fingerprint density at radius 3 is 2.55 bits per heavy atom. The van der Waals surface area contributed by atoms with E-state index in [0.717, 1.165) is 23.7 Å². The summed E-state index contributed by atoms with van der Waals surface area (Å²) < 4.78 is 0. The molecule has 0 aliphatic heterocycles. The van der Waals surface area contributed by atoms with Gasteiger partial charge in [-0.15, -0.1) is 0 Å². The van der Waals surface area contributed by atoms with Gasteiger partial charge in [0.25, 0.3) is 0 Å². The summed E-state index contributed by atoms with van der Waals surface area (Å²) in [5.74, 6) is 0.844. The molecule has 1 fully saturated rings. The van der Waals surface area contributed by atoms with E-state index in [-0.39, 0.29) is 6.03 Å². The minimum atomic E-state index is -0.314. The lowest BCUT2D eigenvalue weighted by Gasteiger charge is -2.25. The number of hydrogen-bond acceptors (Lipinski definition) is 2. The Morgan fingerprint density at radius 1 is 1.03 bits per heavy atom. The number of anilines is 2. The molecule has 4 nitrogen and oxygen atoms in total. The summed E-state index contributed by atoms with van der Waals surface area (Å²) in [6.07, 6.45) is 8.07. The van der Waals surface area contributed by atoms with Crippen molar-refractivity contribution in [2.24, 2.45) is 5.92 Å². The summed E-state index contributed by atoms with van der Waals surface area (Å²) in [7, 11) is 0. The summed E-state index contributed by atoms with van der Waals surface area (Å²) in [5, 5.41) is 10.2. The molecule has 2 amide bonds. The Labute approximate surface area is 183 Å². The predicted molar refractivity (Wildman–Crippen MR) is 123 cm³/mol. The highest BCUT2D eigenvalue weighted by molar-refractivity contribution is 6.42. The maximum atomic E-state index is 12.4. The lowest BCUT2D eigenvalue weighted by atomic mass is 9.85. The first-order chi connectivity index (χ1) is 14.0. The number of hydrogen-bond donors (Lipinski definition) is 3. The average molecular weight is 434 g/mol. The van der Waals surface area contributed by atoms with Gasteiger partial charge < -0.3 is 16.0 Å². The van der Waals surface area contributed by atoms with Crippen LogP contribution in [0.4, 0.5) is 16.2 Å². The Bertz CT molecular complexity index is 822. The molecule has 3 N–H and O–H groups in total. The van der Waals surface area contributed by atoms with Crippen LogP contribution in [0.2, 0.25) is 10.0 Å². The number of benzene rings is 2. The fraction of sp³-hybridized carbons (Fsp3) is 0.435. The molecule has 0 heterocycles. The maximum Gasteiger partial charge on any atom is 0.323 e. The van der Waals surface area contributed by atoms with Crippen molar-refractivity contribution in [1.29, 1.82) is 0 Å². The Kier molecular flexibility index (Phi) is 8.22. The maximum absolute atomic E-state index is 12.4. The second-order valence-electron chi connectivity index (χ2n) is 7.89. The third-order valence-electron chi connectivity index (χ3n) is 5.50. The minimum Gasteiger partial charge on any atom is -0.310 e. The molecular weight excluding hydrogens is 405 g/mol. The molecule has 6 heteroatoms. The number of nitrogens with one attached hydrogen (secondary N) is 3. The standard InChI is InChI=1S/C23H29Cl2N3O/c1-16(13-17-7-3-2-4-8-17)26-15-18-9-5-6-10-22(18)28-23(29)27-19-11-12-20(24)21(25)14-19/h5-6,9-12,14,16-17,26H,2-4,7-8,13,15H2,1H3,(H2,27,28,29). The number of urea groups is 1. The van der Waals surface area contributed by atoms with E-state index < -0.39 is 0 Å². The third-order valence-corrected chi connectivity index (χ3v) is 6.23. The quantitative estimate of drug-likeness (QED) is 0.436. The topological polar surface area (TPSA) is 53.2 Å². The Hall–Kier alpha value is -1.75. The van der Waals surface area contributed by atoms with Gasteiger partial charge in [0.05, 0.1) is 10.0 Å². The molecule has 1 atom stereocenters. The van der Waals surface area contributed by atoms with Crippen molar-refractivity contribution in [2.75, 3.05) is 10.6 Å². The first-order valence-corrected chi connectivity index (χ1v) is 11.1. The smallest absolute Gasteiger partial charge is 0.310 e. The van der Waals surface area contributed by atoms with E-state index in [1.165, 1.54) is 38.5 Å². The predicted octanol–water partition coefficient (Wildman–Crippen LogP) is 7.09. The summed E-state index contributed by atoms with van der Waals surface area (Å²) >= 11 is 11.9. The van der Waals surface area contributed by atoms with Gasteiger partial charge in [0.1, 0.15) is 0 Å². The van der Waals surface area contributed by atoms with Crippen molar-refractivity contribution in [3.8, 4) is 0 Å². The van der Waals surface area contributed by atoms with Crippen molar-refractivity contribution in [3.05, 3.63) is 58.1 Å². The summed E-state index contributed by atoms with van der Waals surface area (Å²) in [5.41, 5.74) is 2.45. The average Bonchev–Trinajstić information content (AvgIpc) is 2.71. The van der Waals surface area contributed by atoms with E-state index in [4.69, 9.17) is 23.2 Å². The van der Waals surface area contributed by atoms with E-state index in [1.807, 2.05) is 24.3 Å². The highest BCUT2D eigenvalue weighted by Gasteiger charge is 2.16. The van der Waals surface area contributed by atoms with Gasteiger partial charge >= 0.3 is 6.03 Å². The van der Waals surface area contributed by atoms with E-state index >= 15 is 0 Å². The van der Waals surface area contributed by atoms with Crippen molar-refractivity contribution in [1.82, 2.24) is 5.32 Å². The lowest BCUT2D eigenvalue weighted by Crippen LogP contribution is -2.29. The molecule has 0 bridgehead atoms. The number of carbonyl (C=O) groups is 1. The summed E-state index contributed by atoms with van der Waals surface area (Å²) in [6, 6.07) is 13.0. The van der Waals surface area contributed by atoms with Gasteiger partial charge in [-0.1, -0.05) is 73.5 Å². The van der Waals surface area contributed by atoms with Gasteiger partial charge in [-0.05, 0) is 49.1 Å². The molecular formula is C23H29Cl2N3O. The van der Waals surface area contributed by atoms with Gasteiger partial charge in [-0.25, -0.2) is 4.79 Å². The van der Waals surface area contributed by atoms with Crippen LogP contribution in [0.15, 0.2) is 42.5 Å². The molecule has 0 spiro atoms. The van der Waals surface area contributed by atoms with E-state index in [0.29, 0.717) is 21.8 Å². The Balaban J connectivity index is 1.53. The lowest BCUT2D eigenvalue weighted by molar-refractivity contribution is 0.262. The zero-order valence-electron chi connectivity index (χ0n) is 16.8. The molecule has 1 aliphatic rings. The van der Waals surface area contributed by atoms with Gasteiger partial charge in [0.15, 0.2) is 0 Å². The molecule has 1 saturated carbocycles. The van der Waals surface area contributed by atoms with E-state index in [1.54, 1.807) is 18.2 Å². The minimum absolute atomic E-state index is 0.314. The van der Waals surface area contributed by atoms with Gasteiger partial charge in [-0.2, -0.15) is 0 Å². The van der Waals surface area contributed by atoms with Crippen molar-refractivity contribution in [3.63, 3.8) is 0 Å². The number of halogens is 2. The fourth-order valence-electron chi connectivity index (χ4n) is 3.95. The van der Waals surface area contributed by atoms with Crippen molar-refractivity contribution < 1.29 is 4.79 Å². The van der Waals surface area contributed by atoms with E-state index in [2.05, 4.69) is 22.9 Å². The highest BCUT2D eigenvalue weighted by Crippen LogP contribution is 2.28. The zero-order chi connectivity index (χ0) is 20.6. The molecule has 3 rings (SSSR count). The fourth-order valence-corrected chi connectivity index (χ4v) is 4.24. The number of carbonyl (C=O) groups excluding carboxylic acids is 1. The Morgan fingerprint density at radius 2 is 1.79 bits per heavy atom. The molecule has 29 heavy (non-hydrogen) atoms. The van der Waals surface area contributed by atoms with Crippen LogP contribution in [0.1, 0.15) is 51.0 Å². The first-order valence-electron chi connectivity index (χ1n) is 10.4. The third kappa shape index (κ3) is 6.91. The van der Waals surface area contributed by atoms with Gasteiger partial charge in [0, 0.05) is 24.0 Å².